The molecule has 0 heterocycles. The van der Waals surface area contributed by atoms with E-state index >= 15 is 0 Å². The highest BCUT2D eigenvalue weighted by Crippen LogP contribution is 2.39. The molecule has 0 saturated heterocycles. The summed E-state index contributed by atoms with van der Waals surface area (Å²) < 4.78 is 37.9. The topological polar surface area (TPSA) is 56.7 Å². The maximum atomic E-state index is 12.6. The van der Waals surface area contributed by atoms with Crippen molar-refractivity contribution in [1.82, 2.24) is 10.6 Å². The fourth-order valence-electron chi connectivity index (χ4n) is 3.17. The first-order valence-electron chi connectivity index (χ1n) is 8.06. The lowest BCUT2D eigenvalue weighted by Gasteiger charge is -2.37. The van der Waals surface area contributed by atoms with Crippen molar-refractivity contribution in [3.63, 3.8) is 0 Å². The molecular weight excluding hydrogens is 295 g/mol. The van der Waals surface area contributed by atoms with Gasteiger partial charge >= 0.3 is 6.18 Å². The van der Waals surface area contributed by atoms with Crippen LogP contribution in [0.4, 0.5) is 13.2 Å². The number of aliphatic hydroxyl groups is 1. The molecule has 128 valence electrons. The van der Waals surface area contributed by atoms with Crippen molar-refractivity contribution < 1.29 is 18.3 Å². The summed E-state index contributed by atoms with van der Waals surface area (Å²) in [6, 6.07) is 0. The van der Waals surface area contributed by atoms with Gasteiger partial charge in [-0.25, -0.2) is 0 Å². The number of nitrogens with zero attached hydrogens (tertiary/aromatic N) is 1. The lowest BCUT2D eigenvalue weighted by Crippen LogP contribution is -2.51. The van der Waals surface area contributed by atoms with Gasteiger partial charge in [0, 0.05) is 20.1 Å². The molecule has 2 aliphatic rings. The standard InChI is InChI=1S/C15H26F3N3O/c1-19-13(21-10-14(22)7-2-8-14)20-9-11-3-5-12(6-4-11)15(16,17)18/h11-12,22H,2-10H2,1H3,(H2,19,20,21). The Kier molecular flexibility index (Phi) is 5.58. The number of guanidine groups is 1. The van der Waals surface area contributed by atoms with Gasteiger partial charge in [-0.05, 0) is 50.9 Å². The molecule has 2 aliphatic carbocycles. The van der Waals surface area contributed by atoms with Crippen molar-refractivity contribution in [2.45, 2.75) is 56.7 Å². The molecule has 2 saturated carbocycles. The summed E-state index contributed by atoms with van der Waals surface area (Å²) in [5.41, 5.74) is -0.623. The maximum Gasteiger partial charge on any atom is 0.391 e. The Morgan fingerprint density at radius 2 is 1.82 bits per heavy atom. The first kappa shape index (κ1) is 17.4. The predicted molar refractivity (Wildman–Crippen MR) is 79.7 cm³/mol. The van der Waals surface area contributed by atoms with Crippen LogP contribution in [0.25, 0.3) is 0 Å². The van der Waals surface area contributed by atoms with Gasteiger partial charge < -0.3 is 15.7 Å². The summed E-state index contributed by atoms with van der Waals surface area (Å²) in [4.78, 5) is 4.09. The minimum atomic E-state index is -4.05. The molecule has 22 heavy (non-hydrogen) atoms. The van der Waals surface area contributed by atoms with E-state index < -0.39 is 17.7 Å². The minimum Gasteiger partial charge on any atom is -0.388 e. The van der Waals surface area contributed by atoms with Gasteiger partial charge in [-0.1, -0.05) is 0 Å². The highest BCUT2D eigenvalue weighted by atomic mass is 19.4. The summed E-state index contributed by atoms with van der Waals surface area (Å²) in [6.07, 6.45) is 0.247. The van der Waals surface area contributed by atoms with Crippen LogP contribution in [-0.2, 0) is 0 Å². The van der Waals surface area contributed by atoms with Crippen molar-refractivity contribution in [3.8, 4) is 0 Å². The van der Waals surface area contributed by atoms with E-state index in [1.165, 1.54) is 0 Å². The summed E-state index contributed by atoms with van der Waals surface area (Å²) in [7, 11) is 1.65. The largest absolute Gasteiger partial charge is 0.391 e. The quantitative estimate of drug-likeness (QED) is 0.551. The second-order valence-corrected chi connectivity index (χ2v) is 6.64. The van der Waals surface area contributed by atoms with E-state index in [1.54, 1.807) is 7.05 Å². The fourth-order valence-corrected chi connectivity index (χ4v) is 3.17. The van der Waals surface area contributed by atoms with E-state index in [9.17, 15) is 18.3 Å². The third-order valence-corrected chi connectivity index (χ3v) is 4.96. The Labute approximate surface area is 129 Å². The molecule has 0 aromatic heterocycles. The molecule has 0 unspecified atom stereocenters. The molecule has 4 nitrogen and oxygen atoms in total. The third-order valence-electron chi connectivity index (χ3n) is 4.96. The molecule has 0 aromatic carbocycles. The van der Waals surface area contributed by atoms with Crippen LogP contribution in [0.5, 0.6) is 0 Å². The Hall–Kier alpha value is -0.980. The molecule has 7 heteroatoms. The molecule has 3 N–H and O–H groups in total. The highest BCUT2D eigenvalue weighted by Gasteiger charge is 2.41. The van der Waals surface area contributed by atoms with Crippen molar-refractivity contribution in [2.75, 3.05) is 20.1 Å². The molecule has 0 bridgehead atoms. The zero-order valence-corrected chi connectivity index (χ0v) is 13.0. The van der Waals surface area contributed by atoms with Gasteiger partial charge in [0.15, 0.2) is 5.96 Å². The SMILES string of the molecule is CN=C(NCC1CCC(C(F)(F)F)CC1)NCC1(O)CCC1. The van der Waals surface area contributed by atoms with Crippen LogP contribution in [-0.4, -0.2) is 43.0 Å². The van der Waals surface area contributed by atoms with Gasteiger partial charge in [0.25, 0.3) is 0 Å². The lowest BCUT2D eigenvalue weighted by molar-refractivity contribution is -0.183. The van der Waals surface area contributed by atoms with Crippen LogP contribution in [0.1, 0.15) is 44.9 Å². The fraction of sp³-hybridized carbons (Fsp3) is 0.933. The van der Waals surface area contributed by atoms with Crippen LogP contribution in [0.15, 0.2) is 4.99 Å². The summed E-state index contributed by atoms with van der Waals surface area (Å²) in [6.45, 7) is 1.09. The van der Waals surface area contributed by atoms with Crippen molar-refractivity contribution in [3.05, 3.63) is 0 Å². The van der Waals surface area contributed by atoms with E-state index in [2.05, 4.69) is 15.6 Å². The van der Waals surface area contributed by atoms with E-state index in [1.807, 2.05) is 0 Å². The third kappa shape index (κ3) is 4.76. The Morgan fingerprint density at radius 1 is 1.18 bits per heavy atom. The average molecular weight is 321 g/mol. The smallest absolute Gasteiger partial charge is 0.388 e. The van der Waals surface area contributed by atoms with Crippen LogP contribution in [0.2, 0.25) is 0 Å². The number of alkyl halides is 3. The van der Waals surface area contributed by atoms with Gasteiger partial charge in [0.1, 0.15) is 0 Å². The molecule has 0 radical (unpaired) electrons. The Balaban J connectivity index is 1.66. The van der Waals surface area contributed by atoms with Crippen LogP contribution >= 0.6 is 0 Å². The monoisotopic (exact) mass is 321 g/mol. The number of hydrogen-bond acceptors (Lipinski definition) is 2. The van der Waals surface area contributed by atoms with Gasteiger partial charge in [-0.3, -0.25) is 4.99 Å². The average Bonchev–Trinajstić information content (AvgIpc) is 2.45. The summed E-state index contributed by atoms with van der Waals surface area (Å²) >= 11 is 0. The molecular formula is C15H26F3N3O. The molecule has 2 fully saturated rings. The van der Waals surface area contributed by atoms with E-state index in [0.717, 1.165) is 19.3 Å². The zero-order valence-electron chi connectivity index (χ0n) is 13.0. The highest BCUT2D eigenvalue weighted by molar-refractivity contribution is 5.79. The molecule has 0 aliphatic heterocycles. The number of nitrogens with one attached hydrogen (secondary N) is 2. The first-order chi connectivity index (χ1) is 10.3. The van der Waals surface area contributed by atoms with Gasteiger partial charge in [0.2, 0.25) is 0 Å². The second kappa shape index (κ2) is 7.06. The lowest BCUT2D eigenvalue weighted by atomic mass is 9.80. The zero-order chi connectivity index (χ0) is 16.2. The van der Waals surface area contributed by atoms with E-state index in [0.29, 0.717) is 31.9 Å². The number of hydrogen-bond donors (Lipinski definition) is 3. The Bertz CT molecular complexity index is 386. The molecule has 2 rings (SSSR count). The van der Waals surface area contributed by atoms with Crippen molar-refractivity contribution in [1.29, 1.82) is 0 Å². The van der Waals surface area contributed by atoms with Crippen LogP contribution in [0.3, 0.4) is 0 Å². The predicted octanol–water partition coefficient (Wildman–Crippen LogP) is 2.44. The number of halogens is 3. The van der Waals surface area contributed by atoms with Gasteiger partial charge in [0.05, 0.1) is 11.5 Å². The normalized spacial score (nSPS) is 28.9. The molecule has 0 amide bonds. The Morgan fingerprint density at radius 3 is 2.27 bits per heavy atom. The maximum absolute atomic E-state index is 12.6. The second-order valence-electron chi connectivity index (χ2n) is 6.64. The van der Waals surface area contributed by atoms with E-state index in [-0.39, 0.29) is 18.8 Å². The molecule has 0 atom stereocenters. The van der Waals surface area contributed by atoms with Crippen LogP contribution in [0, 0.1) is 11.8 Å². The number of aliphatic imine (C=N–C) groups is 1. The van der Waals surface area contributed by atoms with E-state index in [4.69, 9.17) is 0 Å². The first-order valence-corrected chi connectivity index (χ1v) is 8.06. The minimum absolute atomic E-state index is 0.224. The van der Waals surface area contributed by atoms with Crippen molar-refractivity contribution >= 4 is 5.96 Å². The summed E-state index contributed by atoms with van der Waals surface area (Å²) in [5.74, 6) is -0.267. The van der Waals surface area contributed by atoms with Crippen molar-refractivity contribution in [2.24, 2.45) is 16.8 Å². The van der Waals surface area contributed by atoms with Gasteiger partial charge in [-0.15, -0.1) is 0 Å². The number of rotatable bonds is 4. The molecule has 0 aromatic rings. The summed E-state index contributed by atoms with van der Waals surface area (Å²) in [5, 5.41) is 16.3. The van der Waals surface area contributed by atoms with Gasteiger partial charge in [-0.2, -0.15) is 13.2 Å². The van der Waals surface area contributed by atoms with Crippen LogP contribution < -0.4 is 10.6 Å². The molecule has 0 spiro atoms.